The van der Waals surface area contributed by atoms with E-state index in [9.17, 15) is 9.59 Å². The van der Waals surface area contributed by atoms with E-state index in [1.165, 1.54) is 31.2 Å². The zero-order valence-corrected chi connectivity index (χ0v) is 18.3. The van der Waals surface area contributed by atoms with E-state index in [4.69, 9.17) is 0 Å². The van der Waals surface area contributed by atoms with Gasteiger partial charge in [0.25, 0.3) is 0 Å². The van der Waals surface area contributed by atoms with E-state index in [0.717, 1.165) is 49.5 Å². The van der Waals surface area contributed by atoms with Crippen LogP contribution in [0.2, 0.25) is 0 Å². The molecule has 0 spiro atoms. The first-order chi connectivity index (χ1) is 13.6. The second kappa shape index (κ2) is 11.0. The molecule has 0 radical (unpaired) electrons. The highest BCUT2D eigenvalue weighted by molar-refractivity contribution is 9.10. The van der Waals surface area contributed by atoms with E-state index in [2.05, 4.69) is 38.7 Å². The van der Waals surface area contributed by atoms with Crippen LogP contribution in [0.4, 0.5) is 0 Å². The Morgan fingerprint density at radius 1 is 1.04 bits per heavy atom. The second-order valence-electron chi connectivity index (χ2n) is 8.50. The van der Waals surface area contributed by atoms with Gasteiger partial charge in [0, 0.05) is 29.4 Å². The SMILES string of the molecule is O=C(CC1CCCC1)NC1CCC(C(=O)NCCCc2cccc(Br)c2)CC1. The molecular weight excluding hydrogens is 416 g/mol. The lowest BCUT2D eigenvalue weighted by Crippen LogP contribution is -2.41. The fraction of sp³-hybridized carbons (Fsp3) is 0.652. The van der Waals surface area contributed by atoms with Crippen LogP contribution in [0.5, 0.6) is 0 Å². The van der Waals surface area contributed by atoms with E-state index in [1.807, 2.05) is 12.1 Å². The Kier molecular flexibility index (Phi) is 8.38. The molecule has 2 aliphatic rings. The first-order valence-corrected chi connectivity index (χ1v) is 11.7. The van der Waals surface area contributed by atoms with Crippen LogP contribution in [0.25, 0.3) is 0 Å². The molecule has 2 aliphatic carbocycles. The molecule has 2 N–H and O–H groups in total. The molecule has 0 bridgehead atoms. The van der Waals surface area contributed by atoms with Crippen LogP contribution < -0.4 is 10.6 Å². The van der Waals surface area contributed by atoms with Gasteiger partial charge < -0.3 is 10.6 Å². The molecule has 0 unspecified atom stereocenters. The number of carbonyl (C=O) groups excluding carboxylic acids is 2. The van der Waals surface area contributed by atoms with Crippen LogP contribution in [0.15, 0.2) is 28.7 Å². The minimum atomic E-state index is 0.105. The lowest BCUT2D eigenvalue weighted by atomic mass is 9.85. The van der Waals surface area contributed by atoms with E-state index in [1.54, 1.807) is 0 Å². The monoisotopic (exact) mass is 448 g/mol. The summed E-state index contributed by atoms with van der Waals surface area (Å²) >= 11 is 3.49. The fourth-order valence-corrected chi connectivity index (χ4v) is 5.05. The summed E-state index contributed by atoms with van der Waals surface area (Å²) in [5.41, 5.74) is 1.29. The molecule has 0 saturated heterocycles. The maximum Gasteiger partial charge on any atom is 0.223 e. The summed E-state index contributed by atoms with van der Waals surface area (Å²) in [6, 6.07) is 8.58. The van der Waals surface area contributed by atoms with Gasteiger partial charge in [-0.2, -0.15) is 0 Å². The van der Waals surface area contributed by atoms with Crippen molar-refractivity contribution in [2.45, 2.75) is 76.7 Å². The Morgan fingerprint density at radius 3 is 2.50 bits per heavy atom. The molecule has 28 heavy (non-hydrogen) atoms. The van der Waals surface area contributed by atoms with Gasteiger partial charge in [-0.3, -0.25) is 9.59 Å². The molecule has 2 saturated carbocycles. The van der Waals surface area contributed by atoms with Gasteiger partial charge >= 0.3 is 0 Å². The van der Waals surface area contributed by atoms with Crippen LogP contribution in [-0.4, -0.2) is 24.4 Å². The van der Waals surface area contributed by atoms with Gasteiger partial charge in [-0.1, -0.05) is 40.9 Å². The minimum absolute atomic E-state index is 0.105. The first-order valence-electron chi connectivity index (χ1n) is 10.9. The summed E-state index contributed by atoms with van der Waals surface area (Å²) in [5, 5.41) is 6.31. The largest absolute Gasteiger partial charge is 0.356 e. The van der Waals surface area contributed by atoms with Crippen LogP contribution in [0, 0.1) is 11.8 Å². The van der Waals surface area contributed by atoms with Crippen molar-refractivity contribution in [3.63, 3.8) is 0 Å². The number of aryl methyl sites for hydroxylation is 1. The molecule has 4 nitrogen and oxygen atoms in total. The Balaban J connectivity index is 1.28. The third-order valence-electron chi connectivity index (χ3n) is 6.24. The summed E-state index contributed by atoms with van der Waals surface area (Å²) in [6.45, 7) is 0.726. The average molecular weight is 449 g/mol. The molecular formula is C23H33BrN2O2. The Morgan fingerprint density at radius 2 is 1.79 bits per heavy atom. The summed E-state index contributed by atoms with van der Waals surface area (Å²) < 4.78 is 1.10. The second-order valence-corrected chi connectivity index (χ2v) is 9.41. The Labute approximate surface area is 177 Å². The van der Waals surface area contributed by atoms with Gasteiger partial charge in [0.15, 0.2) is 0 Å². The molecule has 5 heteroatoms. The first kappa shape index (κ1) is 21.4. The van der Waals surface area contributed by atoms with Gasteiger partial charge in [0.05, 0.1) is 0 Å². The van der Waals surface area contributed by atoms with Crippen molar-refractivity contribution in [2.24, 2.45) is 11.8 Å². The van der Waals surface area contributed by atoms with Crippen LogP contribution >= 0.6 is 15.9 Å². The van der Waals surface area contributed by atoms with Gasteiger partial charge in [-0.05, 0) is 75.0 Å². The third-order valence-corrected chi connectivity index (χ3v) is 6.74. The molecule has 3 rings (SSSR count). The van der Waals surface area contributed by atoms with Crippen LogP contribution in [0.1, 0.15) is 69.8 Å². The molecule has 2 amide bonds. The van der Waals surface area contributed by atoms with Gasteiger partial charge in [-0.25, -0.2) is 0 Å². The number of hydrogen-bond acceptors (Lipinski definition) is 2. The number of rotatable bonds is 8. The zero-order valence-electron chi connectivity index (χ0n) is 16.7. The van der Waals surface area contributed by atoms with Crippen molar-refractivity contribution in [1.29, 1.82) is 0 Å². The van der Waals surface area contributed by atoms with Gasteiger partial charge in [0.2, 0.25) is 11.8 Å². The van der Waals surface area contributed by atoms with Crippen molar-refractivity contribution >= 4 is 27.7 Å². The lowest BCUT2D eigenvalue weighted by molar-refractivity contribution is -0.126. The Hall–Kier alpha value is -1.36. The molecule has 0 atom stereocenters. The number of amides is 2. The molecule has 0 aromatic heterocycles. The predicted octanol–water partition coefficient (Wildman–Crippen LogP) is 4.75. The lowest BCUT2D eigenvalue weighted by Gasteiger charge is -2.28. The number of hydrogen-bond donors (Lipinski definition) is 2. The van der Waals surface area contributed by atoms with Gasteiger partial charge in [-0.15, -0.1) is 0 Å². The Bertz CT molecular complexity index is 650. The van der Waals surface area contributed by atoms with E-state index < -0.39 is 0 Å². The van der Waals surface area contributed by atoms with Crippen molar-refractivity contribution in [3.8, 4) is 0 Å². The number of halogens is 1. The van der Waals surface area contributed by atoms with Crippen molar-refractivity contribution in [3.05, 3.63) is 34.3 Å². The molecule has 1 aromatic carbocycles. The quantitative estimate of drug-likeness (QED) is 0.563. The number of nitrogens with one attached hydrogen (secondary N) is 2. The number of carbonyl (C=O) groups is 2. The normalized spacial score (nSPS) is 22.8. The third kappa shape index (κ3) is 6.91. The highest BCUT2D eigenvalue weighted by atomic mass is 79.9. The predicted molar refractivity (Wildman–Crippen MR) is 116 cm³/mol. The standard InChI is InChI=1S/C23H33BrN2O2/c24-20-9-3-7-17(15-20)8-4-14-25-23(28)19-10-12-21(13-11-19)26-22(27)16-18-5-1-2-6-18/h3,7,9,15,18-19,21H,1-2,4-6,8,10-14,16H2,(H,25,28)(H,26,27). The van der Waals surface area contributed by atoms with E-state index in [-0.39, 0.29) is 23.8 Å². The molecule has 1 aromatic rings. The average Bonchev–Trinajstić information content (AvgIpc) is 3.18. The highest BCUT2D eigenvalue weighted by Gasteiger charge is 2.27. The number of benzene rings is 1. The fourth-order valence-electron chi connectivity index (χ4n) is 4.60. The summed E-state index contributed by atoms with van der Waals surface area (Å²) in [5.74, 6) is 1.10. The van der Waals surface area contributed by atoms with E-state index >= 15 is 0 Å². The van der Waals surface area contributed by atoms with E-state index in [0.29, 0.717) is 12.3 Å². The summed E-state index contributed by atoms with van der Waals surface area (Å²) in [7, 11) is 0. The van der Waals surface area contributed by atoms with Crippen LogP contribution in [0.3, 0.4) is 0 Å². The maximum absolute atomic E-state index is 12.4. The summed E-state index contributed by atoms with van der Waals surface area (Å²) in [4.78, 5) is 24.6. The topological polar surface area (TPSA) is 58.2 Å². The molecule has 2 fully saturated rings. The van der Waals surface area contributed by atoms with Gasteiger partial charge in [0.1, 0.15) is 0 Å². The molecule has 154 valence electrons. The van der Waals surface area contributed by atoms with Crippen molar-refractivity contribution < 1.29 is 9.59 Å². The maximum atomic E-state index is 12.4. The molecule has 0 aliphatic heterocycles. The smallest absolute Gasteiger partial charge is 0.223 e. The van der Waals surface area contributed by atoms with Crippen molar-refractivity contribution in [2.75, 3.05) is 6.54 Å². The minimum Gasteiger partial charge on any atom is -0.356 e. The van der Waals surface area contributed by atoms with Crippen LogP contribution in [-0.2, 0) is 16.0 Å². The summed E-state index contributed by atoms with van der Waals surface area (Å²) in [6.07, 6.45) is 11.2. The zero-order chi connectivity index (χ0) is 19.8. The van der Waals surface area contributed by atoms with Crippen molar-refractivity contribution in [1.82, 2.24) is 10.6 Å². The highest BCUT2D eigenvalue weighted by Crippen LogP contribution is 2.28. The molecule has 0 heterocycles.